The summed E-state index contributed by atoms with van der Waals surface area (Å²) in [7, 11) is 1.61. The summed E-state index contributed by atoms with van der Waals surface area (Å²) in [5.41, 5.74) is 18.0. The smallest absolute Gasteiger partial charge is 0.326 e. The molecule has 1 aromatic carbocycles. The number of rotatable bonds is 16. The first kappa shape index (κ1) is 30.1. The molecule has 0 saturated carbocycles. The van der Waals surface area contributed by atoms with E-state index in [4.69, 9.17) is 21.9 Å². The van der Waals surface area contributed by atoms with Gasteiger partial charge in [0.1, 0.15) is 11.8 Å². The molecule has 208 valence electrons. The van der Waals surface area contributed by atoms with Crippen LogP contribution < -0.4 is 37.9 Å². The number of carbonyl (C=O) groups excluding carboxylic acids is 2. The third-order valence-corrected chi connectivity index (χ3v) is 5.76. The van der Waals surface area contributed by atoms with Gasteiger partial charge in [0, 0.05) is 36.8 Å². The van der Waals surface area contributed by atoms with E-state index in [9.17, 15) is 19.5 Å². The quantitative estimate of drug-likeness (QED) is 0.0892. The van der Waals surface area contributed by atoms with Crippen LogP contribution in [0.5, 0.6) is 5.75 Å². The van der Waals surface area contributed by atoms with Crippen molar-refractivity contribution in [3.8, 4) is 5.75 Å². The van der Waals surface area contributed by atoms with Crippen LogP contribution in [0.15, 0.2) is 35.5 Å². The molecule has 0 radical (unpaired) electrons. The standard InChI is InChI=1S/C25H38N8O5/c1-15(32-19-13-17(38-2)12-16-7-4-10-30-22(16)19)6-3-9-29-21(34)14-20(24(36)37)33-23(35)18(26)8-5-11-31-25(27)28/h4,7,10,12-13,15,18,20,32H,3,5-6,8-9,11,14,26H2,1-2H3,(H,29,34)(H,33,35)(H,36,37)(H4,27,28,31)/t15?,18-,20?/m0/s1. The zero-order chi connectivity index (χ0) is 28.1. The minimum atomic E-state index is -1.39. The lowest BCUT2D eigenvalue weighted by Crippen LogP contribution is -2.50. The molecule has 0 saturated heterocycles. The van der Waals surface area contributed by atoms with Gasteiger partial charge in [-0.3, -0.25) is 19.6 Å². The molecule has 2 unspecified atom stereocenters. The molecule has 0 aliphatic rings. The van der Waals surface area contributed by atoms with Crippen LogP contribution in [0.25, 0.3) is 10.9 Å². The van der Waals surface area contributed by atoms with Crippen molar-refractivity contribution in [2.24, 2.45) is 22.2 Å². The molecule has 13 heteroatoms. The van der Waals surface area contributed by atoms with Crippen molar-refractivity contribution in [1.29, 1.82) is 0 Å². The van der Waals surface area contributed by atoms with Crippen LogP contribution >= 0.6 is 0 Å². The van der Waals surface area contributed by atoms with E-state index in [0.717, 1.165) is 28.8 Å². The third-order valence-electron chi connectivity index (χ3n) is 5.76. The Bertz CT molecular complexity index is 1120. The monoisotopic (exact) mass is 530 g/mol. The average Bonchev–Trinajstić information content (AvgIpc) is 2.88. The number of pyridine rings is 1. The highest BCUT2D eigenvalue weighted by Gasteiger charge is 2.25. The van der Waals surface area contributed by atoms with Gasteiger partial charge in [-0.05, 0) is 44.7 Å². The summed E-state index contributed by atoms with van der Waals surface area (Å²) >= 11 is 0. The van der Waals surface area contributed by atoms with Crippen molar-refractivity contribution < 1.29 is 24.2 Å². The van der Waals surface area contributed by atoms with Crippen molar-refractivity contribution in [2.75, 3.05) is 25.5 Å². The van der Waals surface area contributed by atoms with Crippen molar-refractivity contribution in [1.82, 2.24) is 15.6 Å². The van der Waals surface area contributed by atoms with E-state index >= 15 is 0 Å². The molecular weight excluding hydrogens is 492 g/mol. The number of aliphatic carboxylic acids is 1. The van der Waals surface area contributed by atoms with Crippen LogP contribution in [0, 0.1) is 0 Å². The van der Waals surface area contributed by atoms with Crippen molar-refractivity contribution >= 4 is 40.3 Å². The van der Waals surface area contributed by atoms with Gasteiger partial charge in [-0.2, -0.15) is 0 Å². The maximum atomic E-state index is 12.3. The first-order chi connectivity index (χ1) is 18.1. The molecule has 2 aromatic rings. The molecule has 10 N–H and O–H groups in total. The molecule has 2 amide bonds. The normalized spacial score (nSPS) is 13.1. The van der Waals surface area contributed by atoms with Crippen molar-refractivity contribution in [3.63, 3.8) is 0 Å². The second-order valence-electron chi connectivity index (χ2n) is 8.95. The number of carbonyl (C=O) groups is 3. The lowest BCUT2D eigenvalue weighted by molar-refractivity contribution is -0.143. The predicted octanol–water partition coefficient (Wildman–Crippen LogP) is 0.281. The van der Waals surface area contributed by atoms with Gasteiger partial charge < -0.3 is 43.0 Å². The molecule has 38 heavy (non-hydrogen) atoms. The SMILES string of the molecule is COc1cc(NC(C)CCCNC(=O)CC(NC(=O)[C@@H](N)CCCN=C(N)N)C(=O)O)c2ncccc2c1. The summed E-state index contributed by atoms with van der Waals surface area (Å²) < 4.78 is 5.38. The molecule has 2 rings (SSSR count). The highest BCUT2D eigenvalue weighted by molar-refractivity contribution is 5.92. The molecule has 0 bridgehead atoms. The Morgan fingerprint density at radius 2 is 1.95 bits per heavy atom. The fraction of sp³-hybridized carbons (Fsp3) is 0.480. The molecule has 1 heterocycles. The highest BCUT2D eigenvalue weighted by Crippen LogP contribution is 2.28. The van der Waals surface area contributed by atoms with Crippen molar-refractivity contribution in [3.05, 3.63) is 30.5 Å². The van der Waals surface area contributed by atoms with E-state index in [-0.39, 0.29) is 18.4 Å². The predicted molar refractivity (Wildman–Crippen MR) is 146 cm³/mol. The fourth-order valence-electron chi connectivity index (χ4n) is 3.75. The molecule has 13 nitrogen and oxygen atoms in total. The summed E-state index contributed by atoms with van der Waals surface area (Å²) in [4.78, 5) is 44.3. The number of fused-ring (bicyclic) bond motifs is 1. The molecular formula is C25H38N8O5. The van der Waals surface area contributed by atoms with E-state index in [1.165, 1.54) is 0 Å². The maximum absolute atomic E-state index is 12.3. The summed E-state index contributed by atoms with van der Waals surface area (Å²) in [5, 5.41) is 18.8. The Morgan fingerprint density at radius 3 is 2.63 bits per heavy atom. The number of guanidine groups is 1. The number of anilines is 1. The highest BCUT2D eigenvalue weighted by atomic mass is 16.5. The van der Waals surface area contributed by atoms with Crippen LogP contribution in [0.2, 0.25) is 0 Å². The Labute approximate surface area is 221 Å². The molecule has 0 aliphatic carbocycles. The van der Waals surface area contributed by atoms with E-state index in [1.807, 2.05) is 31.2 Å². The average molecular weight is 531 g/mol. The van der Waals surface area contributed by atoms with Gasteiger partial charge in [-0.25, -0.2) is 4.79 Å². The Balaban J connectivity index is 1.76. The van der Waals surface area contributed by atoms with Gasteiger partial charge in [0.2, 0.25) is 11.8 Å². The van der Waals surface area contributed by atoms with Crippen LogP contribution in [-0.2, 0) is 14.4 Å². The van der Waals surface area contributed by atoms with E-state index in [0.29, 0.717) is 25.9 Å². The maximum Gasteiger partial charge on any atom is 0.326 e. The number of nitrogens with one attached hydrogen (secondary N) is 3. The fourth-order valence-corrected chi connectivity index (χ4v) is 3.75. The number of aromatic nitrogens is 1. The van der Waals surface area contributed by atoms with Gasteiger partial charge >= 0.3 is 5.97 Å². The van der Waals surface area contributed by atoms with Crippen LogP contribution in [0.1, 0.15) is 39.0 Å². The molecule has 0 spiro atoms. The number of carboxylic acids is 1. The van der Waals surface area contributed by atoms with Gasteiger partial charge in [0.15, 0.2) is 5.96 Å². The van der Waals surface area contributed by atoms with Crippen LogP contribution in [0.4, 0.5) is 5.69 Å². The number of amides is 2. The first-order valence-corrected chi connectivity index (χ1v) is 12.4. The Kier molecular flexibility index (Phi) is 12.0. The minimum absolute atomic E-state index is 0.0616. The minimum Gasteiger partial charge on any atom is -0.497 e. The zero-order valence-electron chi connectivity index (χ0n) is 21.8. The number of methoxy groups -OCH3 is 1. The van der Waals surface area contributed by atoms with Crippen LogP contribution in [-0.4, -0.2) is 72.2 Å². The summed E-state index contributed by atoms with van der Waals surface area (Å²) in [6, 6.07) is 5.38. The number of carboxylic acid groups (broad SMARTS) is 1. The summed E-state index contributed by atoms with van der Waals surface area (Å²) in [6.07, 6.45) is 3.42. The number of nitrogens with two attached hydrogens (primary N) is 3. The second kappa shape index (κ2) is 15.2. The zero-order valence-corrected chi connectivity index (χ0v) is 21.8. The van der Waals surface area contributed by atoms with Gasteiger partial charge in [-0.15, -0.1) is 0 Å². The first-order valence-electron chi connectivity index (χ1n) is 12.4. The van der Waals surface area contributed by atoms with Gasteiger partial charge in [0.05, 0.1) is 30.8 Å². The third kappa shape index (κ3) is 10.1. The number of aliphatic imine (C=N–C) groups is 1. The number of ether oxygens (including phenoxy) is 1. The topological polar surface area (TPSA) is 220 Å². The number of hydrogen-bond acceptors (Lipinski definition) is 8. The lowest BCUT2D eigenvalue weighted by Gasteiger charge is -2.18. The molecule has 0 fully saturated rings. The lowest BCUT2D eigenvalue weighted by atomic mass is 10.1. The van der Waals surface area contributed by atoms with Gasteiger partial charge in [0.25, 0.3) is 0 Å². The van der Waals surface area contributed by atoms with E-state index < -0.39 is 36.3 Å². The van der Waals surface area contributed by atoms with Crippen LogP contribution in [0.3, 0.4) is 0 Å². The van der Waals surface area contributed by atoms with E-state index in [2.05, 4.69) is 25.9 Å². The summed E-state index contributed by atoms with van der Waals surface area (Å²) in [6.45, 7) is 2.68. The van der Waals surface area contributed by atoms with E-state index in [1.54, 1.807) is 13.3 Å². The Hall–Kier alpha value is -4.13. The molecule has 3 atom stereocenters. The number of hydrogen-bond donors (Lipinski definition) is 7. The number of benzene rings is 1. The molecule has 0 aliphatic heterocycles. The second-order valence-corrected chi connectivity index (χ2v) is 8.95. The molecule has 1 aromatic heterocycles. The largest absolute Gasteiger partial charge is 0.497 e. The summed E-state index contributed by atoms with van der Waals surface area (Å²) in [5.74, 6) is -1.80. The van der Waals surface area contributed by atoms with Crippen molar-refractivity contribution in [2.45, 2.75) is 57.2 Å². The number of nitrogens with zero attached hydrogens (tertiary/aromatic N) is 2. The van der Waals surface area contributed by atoms with Gasteiger partial charge in [-0.1, -0.05) is 6.07 Å². The Morgan fingerprint density at radius 1 is 1.18 bits per heavy atom.